The molecule has 0 amide bonds. The van der Waals surface area contributed by atoms with Gasteiger partial charge in [-0.05, 0) is 37.0 Å². The molecule has 0 radical (unpaired) electrons. The maximum absolute atomic E-state index is 12.3. The summed E-state index contributed by atoms with van der Waals surface area (Å²) in [5, 5.41) is 0. The van der Waals surface area contributed by atoms with Crippen LogP contribution in [-0.4, -0.2) is 14.2 Å². The second-order valence-electron chi connectivity index (χ2n) is 3.36. The molecule has 0 aliphatic carbocycles. The van der Waals surface area contributed by atoms with Crippen molar-refractivity contribution in [3.8, 4) is 0 Å². The summed E-state index contributed by atoms with van der Waals surface area (Å²) in [5.74, 6) is -0.432. The predicted molar refractivity (Wildman–Crippen MR) is 54.5 cm³/mol. The summed E-state index contributed by atoms with van der Waals surface area (Å²) in [6.07, 6.45) is 0.247. The summed E-state index contributed by atoms with van der Waals surface area (Å²) in [7, 11) is -4.36. The van der Waals surface area contributed by atoms with Gasteiger partial charge in [-0.3, -0.25) is 0 Å². The van der Waals surface area contributed by atoms with Gasteiger partial charge in [0.2, 0.25) is 0 Å². The van der Waals surface area contributed by atoms with Gasteiger partial charge in [0, 0.05) is 0 Å². The average Bonchev–Trinajstić information content (AvgIpc) is 2.01. The minimum atomic E-state index is -4.36. The highest BCUT2D eigenvalue weighted by molar-refractivity contribution is 7.86. The van der Waals surface area contributed by atoms with Crippen molar-refractivity contribution in [2.75, 3.05) is 5.75 Å². The average molecular weight is 216 g/mol. The highest BCUT2D eigenvalue weighted by Crippen LogP contribution is 2.14. The minimum absolute atomic E-state index is 0.247. The number of hydrogen-bond acceptors (Lipinski definition) is 2. The van der Waals surface area contributed by atoms with E-state index in [1.165, 1.54) is 0 Å². The van der Waals surface area contributed by atoms with Crippen molar-refractivity contribution >= 4 is 10.2 Å². The zero-order valence-electron chi connectivity index (χ0n) is 8.25. The molecule has 1 aromatic carbocycles. The van der Waals surface area contributed by atoms with Crippen LogP contribution in [0.1, 0.15) is 16.7 Å². The molecule has 1 rings (SSSR count). The van der Waals surface area contributed by atoms with Gasteiger partial charge in [0.25, 0.3) is 0 Å². The SMILES string of the molecule is Cc1cccc(C)c1CCS(=O)(=O)F. The molecule has 1 aromatic rings. The first-order valence-corrected chi connectivity index (χ1v) is 5.93. The van der Waals surface area contributed by atoms with E-state index in [0.717, 1.165) is 16.7 Å². The van der Waals surface area contributed by atoms with Gasteiger partial charge in [0.05, 0.1) is 5.75 Å². The van der Waals surface area contributed by atoms with E-state index in [0.29, 0.717) is 0 Å². The quantitative estimate of drug-likeness (QED) is 0.725. The molecule has 0 heterocycles. The molecule has 0 unspecified atom stereocenters. The number of halogens is 1. The number of benzene rings is 1. The maximum Gasteiger partial charge on any atom is 0.302 e. The third-order valence-electron chi connectivity index (χ3n) is 2.24. The van der Waals surface area contributed by atoms with Gasteiger partial charge >= 0.3 is 10.2 Å². The Morgan fingerprint density at radius 2 is 1.71 bits per heavy atom. The van der Waals surface area contributed by atoms with Crippen molar-refractivity contribution in [2.24, 2.45) is 0 Å². The maximum atomic E-state index is 12.3. The van der Waals surface area contributed by atoms with Gasteiger partial charge in [-0.25, -0.2) is 0 Å². The van der Waals surface area contributed by atoms with Crippen molar-refractivity contribution in [1.29, 1.82) is 0 Å². The van der Waals surface area contributed by atoms with Crippen LogP contribution in [0.25, 0.3) is 0 Å². The molecular formula is C10H13FO2S. The first kappa shape index (κ1) is 11.2. The fourth-order valence-corrected chi connectivity index (χ4v) is 1.92. The minimum Gasteiger partial charge on any atom is -0.195 e. The van der Waals surface area contributed by atoms with E-state index in [2.05, 4.69) is 0 Å². The predicted octanol–water partition coefficient (Wildman–Crippen LogP) is 2.15. The topological polar surface area (TPSA) is 34.1 Å². The molecule has 0 atom stereocenters. The molecule has 0 spiro atoms. The van der Waals surface area contributed by atoms with E-state index in [1.807, 2.05) is 32.0 Å². The molecule has 0 aliphatic rings. The van der Waals surface area contributed by atoms with E-state index in [9.17, 15) is 12.3 Å². The summed E-state index contributed by atoms with van der Waals surface area (Å²) in [6, 6.07) is 5.69. The van der Waals surface area contributed by atoms with Crippen molar-refractivity contribution < 1.29 is 12.3 Å². The standard InChI is InChI=1S/C10H13FO2S/c1-8-4-3-5-9(2)10(8)6-7-14(11,12)13/h3-5H,6-7H2,1-2H3. The molecule has 0 saturated heterocycles. The second kappa shape index (κ2) is 4.09. The monoisotopic (exact) mass is 216 g/mol. The molecule has 0 bridgehead atoms. The normalized spacial score (nSPS) is 11.6. The first-order valence-electron chi connectivity index (χ1n) is 4.37. The lowest BCUT2D eigenvalue weighted by Gasteiger charge is -2.07. The molecule has 0 fully saturated rings. The molecular weight excluding hydrogens is 203 g/mol. The number of hydrogen-bond donors (Lipinski definition) is 0. The zero-order chi connectivity index (χ0) is 10.8. The van der Waals surface area contributed by atoms with Crippen LogP contribution in [0.2, 0.25) is 0 Å². The molecule has 78 valence electrons. The second-order valence-corrected chi connectivity index (χ2v) is 4.85. The smallest absolute Gasteiger partial charge is 0.195 e. The van der Waals surface area contributed by atoms with Crippen LogP contribution in [0, 0.1) is 13.8 Å². The van der Waals surface area contributed by atoms with Gasteiger partial charge in [-0.15, -0.1) is 3.89 Å². The molecule has 14 heavy (non-hydrogen) atoms. The molecule has 0 saturated carbocycles. The van der Waals surface area contributed by atoms with E-state index in [-0.39, 0.29) is 6.42 Å². The van der Waals surface area contributed by atoms with Gasteiger partial charge in [0.15, 0.2) is 0 Å². The Kier molecular flexibility index (Phi) is 3.26. The van der Waals surface area contributed by atoms with E-state index >= 15 is 0 Å². The summed E-state index contributed by atoms with van der Waals surface area (Å²) >= 11 is 0. The van der Waals surface area contributed by atoms with Crippen LogP contribution in [0.4, 0.5) is 3.89 Å². The Hall–Kier alpha value is -0.900. The Morgan fingerprint density at radius 1 is 1.21 bits per heavy atom. The Bertz CT molecular complexity index is 403. The van der Waals surface area contributed by atoms with E-state index in [1.54, 1.807) is 0 Å². The van der Waals surface area contributed by atoms with Crippen LogP contribution in [-0.2, 0) is 16.6 Å². The van der Waals surface area contributed by atoms with Crippen molar-refractivity contribution in [1.82, 2.24) is 0 Å². The van der Waals surface area contributed by atoms with Crippen molar-refractivity contribution in [3.63, 3.8) is 0 Å². The third kappa shape index (κ3) is 3.10. The Labute approximate surface area is 84.0 Å². The highest BCUT2D eigenvalue weighted by Gasteiger charge is 2.09. The molecule has 0 aromatic heterocycles. The lowest BCUT2D eigenvalue weighted by Crippen LogP contribution is -2.04. The molecule has 2 nitrogen and oxygen atoms in total. The zero-order valence-corrected chi connectivity index (χ0v) is 9.07. The summed E-state index contributed by atoms with van der Waals surface area (Å²) < 4.78 is 33.0. The number of aryl methyl sites for hydroxylation is 2. The van der Waals surface area contributed by atoms with Crippen LogP contribution in [0.5, 0.6) is 0 Å². The lowest BCUT2D eigenvalue weighted by molar-refractivity contribution is 0.551. The van der Waals surface area contributed by atoms with Crippen molar-refractivity contribution in [2.45, 2.75) is 20.3 Å². The Morgan fingerprint density at radius 3 is 2.14 bits per heavy atom. The molecule has 0 aliphatic heterocycles. The van der Waals surface area contributed by atoms with E-state index in [4.69, 9.17) is 0 Å². The van der Waals surface area contributed by atoms with Gasteiger partial charge in [-0.1, -0.05) is 18.2 Å². The van der Waals surface area contributed by atoms with Gasteiger partial charge in [-0.2, -0.15) is 8.42 Å². The van der Waals surface area contributed by atoms with Crippen molar-refractivity contribution in [3.05, 3.63) is 34.9 Å². The number of rotatable bonds is 3. The fraction of sp³-hybridized carbons (Fsp3) is 0.400. The molecule has 0 N–H and O–H groups in total. The summed E-state index contributed by atoms with van der Waals surface area (Å²) in [4.78, 5) is 0. The molecule has 4 heteroatoms. The highest BCUT2D eigenvalue weighted by atomic mass is 32.3. The van der Waals surface area contributed by atoms with Gasteiger partial charge in [0.1, 0.15) is 0 Å². The van der Waals surface area contributed by atoms with Crippen LogP contribution in [0.15, 0.2) is 18.2 Å². The van der Waals surface area contributed by atoms with Crippen LogP contribution < -0.4 is 0 Å². The van der Waals surface area contributed by atoms with Gasteiger partial charge < -0.3 is 0 Å². The third-order valence-corrected chi connectivity index (χ3v) is 2.93. The Balaban J connectivity index is 2.87. The van der Waals surface area contributed by atoms with E-state index < -0.39 is 16.0 Å². The largest absolute Gasteiger partial charge is 0.302 e. The summed E-state index contributed by atoms with van der Waals surface area (Å²) in [5.41, 5.74) is 2.94. The van der Waals surface area contributed by atoms with Crippen LogP contribution >= 0.6 is 0 Å². The fourth-order valence-electron chi connectivity index (χ4n) is 1.47. The first-order chi connectivity index (χ1) is 6.40. The lowest BCUT2D eigenvalue weighted by atomic mass is 10.0. The van der Waals surface area contributed by atoms with Crippen LogP contribution in [0.3, 0.4) is 0 Å². The summed E-state index contributed by atoms with van der Waals surface area (Å²) in [6.45, 7) is 3.79.